The number of hydrogen-bond donors (Lipinski definition) is 0. The van der Waals surface area contributed by atoms with Crippen LogP contribution < -0.4 is 4.74 Å². The smallest absolute Gasteiger partial charge is 0.410 e. The number of rotatable bonds is 6. The number of likely N-dealkylation sites (tertiary alicyclic amines) is 1. The van der Waals surface area contributed by atoms with Gasteiger partial charge in [0.1, 0.15) is 39.9 Å². The third kappa shape index (κ3) is 5.75. The van der Waals surface area contributed by atoms with Crippen molar-refractivity contribution in [2.75, 3.05) is 19.7 Å². The van der Waals surface area contributed by atoms with Gasteiger partial charge < -0.3 is 14.4 Å². The molecule has 4 aromatic rings. The molecule has 12 nitrogen and oxygen atoms in total. The highest BCUT2D eigenvalue weighted by molar-refractivity contribution is 5.96. The summed E-state index contributed by atoms with van der Waals surface area (Å²) >= 11 is 0. The molecular weight excluding hydrogens is 524 g/mol. The molecule has 5 heterocycles. The van der Waals surface area contributed by atoms with Crippen LogP contribution in [0.15, 0.2) is 36.8 Å². The molecule has 212 valence electrons. The van der Waals surface area contributed by atoms with E-state index in [9.17, 15) is 14.9 Å². The molecule has 5 rings (SSSR count). The van der Waals surface area contributed by atoms with Gasteiger partial charge in [-0.3, -0.25) is 9.78 Å². The van der Waals surface area contributed by atoms with Gasteiger partial charge in [-0.25, -0.2) is 14.0 Å². The molecule has 0 unspecified atom stereocenters. The number of carbonyl (C=O) groups is 2. The standard InChI is InChI=1S/C29H32N8O4/c1-18-7-6-10-31-25(18)23(38)17-40-24-13-20(16-36-27(24)21(14-30)15-32-36)26-19(2)37(34-33-26)22-8-11-35(12-9-22)28(39)41-29(3,4)5/h6-7,10,13,15-16,22H,8-9,11-12,17H2,1-5H3. The number of hydrogen-bond acceptors (Lipinski definition) is 9. The minimum atomic E-state index is -0.539. The van der Waals surface area contributed by atoms with Gasteiger partial charge in [-0.1, -0.05) is 11.3 Å². The summed E-state index contributed by atoms with van der Waals surface area (Å²) in [6, 6.07) is 7.54. The molecule has 12 heteroatoms. The van der Waals surface area contributed by atoms with Crippen molar-refractivity contribution < 1.29 is 19.1 Å². The van der Waals surface area contributed by atoms with Crippen molar-refractivity contribution >= 4 is 17.4 Å². The van der Waals surface area contributed by atoms with Gasteiger partial charge in [0, 0.05) is 31.0 Å². The molecule has 4 aromatic heterocycles. The summed E-state index contributed by atoms with van der Waals surface area (Å²) < 4.78 is 14.9. The first kappa shape index (κ1) is 27.8. The quantitative estimate of drug-likeness (QED) is 0.318. The maximum Gasteiger partial charge on any atom is 0.410 e. The summed E-state index contributed by atoms with van der Waals surface area (Å²) in [6.45, 7) is 10.2. The number of aryl methyl sites for hydroxylation is 1. The molecule has 0 aliphatic carbocycles. The third-order valence-electron chi connectivity index (χ3n) is 6.99. The molecule has 1 saturated heterocycles. The van der Waals surface area contributed by atoms with Crippen LogP contribution in [0.25, 0.3) is 16.8 Å². The van der Waals surface area contributed by atoms with Crippen molar-refractivity contribution in [3.63, 3.8) is 0 Å². The van der Waals surface area contributed by atoms with Crippen molar-refractivity contribution in [2.24, 2.45) is 0 Å². The zero-order valence-corrected chi connectivity index (χ0v) is 23.8. The second-order valence-corrected chi connectivity index (χ2v) is 11.1. The van der Waals surface area contributed by atoms with Gasteiger partial charge in [0.2, 0.25) is 5.78 Å². The van der Waals surface area contributed by atoms with Crippen molar-refractivity contribution in [1.29, 1.82) is 5.26 Å². The first-order valence-corrected chi connectivity index (χ1v) is 13.4. The van der Waals surface area contributed by atoms with Crippen LogP contribution in [0, 0.1) is 25.2 Å². The van der Waals surface area contributed by atoms with E-state index in [-0.39, 0.29) is 24.5 Å². The number of nitrogens with zero attached hydrogens (tertiary/aromatic N) is 8. The topological polar surface area (TPSA) is 141 Å². The summed E-state index contributed by atoms with van der Waals surface area (Å²) in [4.78, 5) is 31.2. The Morgan fingerprint density at radius 2 is 1.95 bits per heavy atom. The molecule has 0 radical (unpaired) electrons. The van der Waals surface area contributed by atoms with Crippen LogP contribution in [-0.2, 0) is 4.74 Å². The number of pyridine rings is 2. The van der Waals surface area contributed by atoms with Crippen LogP contribution in [0.1, 0.15) is 67.0 Å². The fourth-order valence-corrected chi connectivity index (χ4v) is 4.97. The lowest BCUT2D eigenvalue weighted by atomic mass is 10.0. The number of Topliss-reactive ketones (excluding diaryl/α,β-unsaturated/α-hetero) is 1. The predicted octanol–water partition coefficient (Wildman–Crippen LogP) is 4.31. The summed E-state index contributed by atoms with van der Waals surface area (Å²) in [5.41, 5.74) is 3.49. The number of carbonyl (C=O) groups excluding carboxylic acids is 2. The zero-order chi connectivity index (χ0) is 29.3. The van der Waals surface area contributed by atoms with Crippen molar-refractivity contribution in [1.82, 2.24) is 34.5 Å². The van der Waals surface area contributed by atoms with E-state index in [0.717, 1.165) is 24.1 Å². The monoisotopic (exact) mass is 556 g/mol. The summed E-state index contributed by atoms with van der Waals surface area (Å²) in [7, 11) is 0. The fraction of sp³-hybridized carbons (Fsp3) is 0.414. The lowest BCUT2D eigenvalue weighted by molar-refractivity contribution is 0.0183. The summed E-state index contributed by atoms with van der Waals surface area (Å²) in [5.74, 6) is 0.0580. The molecule has 1 amide bonds. The first-order chi connectivity index (χ1) is 19.6. The largest absolute Gasteiger partial charge is 0.483 e. The average Bonchev–Trinajstić information content (AvgIpc) is 3.54. The Bertz CT molecular complexity index is 1650. The van der Waals surface area contributed by atoms with Gasteiger partial charge in [-0.15, -0.1) is 5.10 Å². The number of amides is 1. The molecule has 0 saturated carbocycles. The molecule has 0 bridgehead atoms. The van der Waals surface area contributed by atoms with Crippen molar-refractivity contribution in [3.05, 3.63) is 59.3 Å². The number of ether oxygens (including phenoxy) is 2. The average molecular weight is 557 g/mol. The van der Waals surface area contributed by atoms with Crippen LogP contribution in [0.5, 0.6) is 5.75 Å². The predicted molar refractivity (Wildman–Crippen MR) is 149 cm³/mol. The highest BCUT2D eigenvalue weighted by Gasteiger charge is 2.29. The first-order valence-electron chi connectivity index (χ1n) is 13.4. The number of ketones is 1. The lowest BCUT2D eigenvalue weighted by Gasteiger charge is -2.33. The van der Waals surface area contributed by atoms with E-state index >= 15 is 0 Å². The number of fused-ring (bicyclic) bond motifs is 1. The Hall–Kier alpha value is -4.79. The maximum absolute atomic E-state index is 12.9. The Balaban J connectivity index is 1.38. The molecule has 0 spiro atoms. The van der Waals surface area contributed by atoms with Gasteiger partial charge in [0.05, 0.1) is 17.9 Å². The van der Waals surface area contributed by atoms with E-state index in [1.807, 2.05) is 45.4 Å². The molecule has 0 N–H and O–H groups in total. The molecule has 1 aliphatic heterocycles. The number of nitriles is 1. The van der Waals surface area contributed by atoms with Crippen LogP contribution in [0.2, 0.25) is 0 Å². The fourth-order valence-electron chi connectivity index (χ4n) is 4.97. The Morgan fingerprint density at radius 3 is 2.63 bits per heavy atom. The summed E-state index contributed by atoms with van der Waals surface area (Å²) in [6.07, 6.45) is 5.92. The molecular formula is C29H32N8O4. The van der Waals surface area contributed by atoms with E-state index in [0.29, 0.717) is 46.9 Å². The number of piperidine rings is 1. The van der Waals surface area contributed by atoms with E-state index in [1.165, 1.54) is 6.20 Å². The minimum absolute atomic E-state index is 0.0727. The molecule has 0 atom stereocenters. The van der Waals surface area contributed by atoms with Crippen LogP contribution in [-0.4, -0.2) is 71.7 Å². The van der Waals surface area contributed by atoms with Crippen LogP contribution >= 0.6 is 0 Å². The van der Waals surface area contributed by atoms with Gasteiger partial charge in [-0.05, 0) is 65.2 Å². The molecule has 41 heavy (non-hydrogen) atoms. The van der Waals surface area contributed by atoms with Crippen molar-refractivity contribution in [2.45, 2.75) is 59.1 Å². The zero-order valence-electron chi connectivity index (χ0n) is 23.8. The Labute approximate surface area is 237 Å². The van der Waals surface area contributed by atoms with Crippen LogP contribution in [0.3, 0.4) is 0 Å². The molecule has 1 aliphatic rings. The minimum Gasteiger partial charge on any atom is -0.483 e. The summed E-state index contributed by atoms with van der Waals surface area (Å²) in [5, 5.41) is 22.9. The Morgan fingerprint density at radius 1 is 1.20 bits per heavy atom. The van der Waals surface area contributed by atoms with Gasteiger partial charge in [0.25, 0.3) is 0 Å². The maximum atomic E-state index is 12.9. The SMILES string of the molecule is Cc1cccnc1C(=O)COc1cc(-c2nnn(C3CCN(C(=O)OC(C)(C)C)CC3)c2C)cn2ncc(C#N)c12. The van der Waals surface area contributed by atoms with Crippen LogP contribution in [0.4, 0.5) is 4.79 Å². The van der Waals surface area contributed by atoms with E-state index in [2.05, 4.69) is 26.5 Å². The lowest BCUT2D eigenvalue weighted by Crippen LogP contribution is -2.42. The highest BCUT2D eigenvalue weighted by Crippen LogP contribution is 2.32. The van der Waals surface area contributed by atoms with Gasteiger partial charge in [0.15, 0.2) is 6.61 Å². The molecule has 1 fully saturated rings. The molecule has 0 aromatic carbocycles. The number of aromatic nitrogens is 6. The highest BCUT2D eigenvalue weighted by atomic mass is 16.6. The second kappa shape index (κ2) is 11.0. The van der Waals surface area contributed by atoms with E-state index < -0.39 is 5.60 Å². The van der Waals surface area contributed by atoms with Gasteiger partial charge in [-0.2, -0.15) is 10.4 Å². The second-order valence-electron chi connectivity index (χ2n) is 11.1. The Kier molecular flexibility index (Phi) is 7.45. The van der Waals surface area contributed by atoms with E-state index in [1.54, 1.807) is 33.9 Å². The van der Waals surface area contributed by atoms with E-state index in [4.69, 9.17) is 9.47 Å². The third-order valence-corrected chi connectivity index (χ3v) is 6.99. The van der Waals surface area contributed by atoms with Crippen molar-refractivity contribution in [3.8, 4) is 23.1 Å². The van der Waals surface area contributed by atoms with Gasteiger partial charge >= 0.3 is 6.09 Å². The normalized spacial score (nSPS) is 14.2.